The van der Waals surface area contributed by atoms with Gasteiger partial charge in [0.2, 0.25) is 0 Å². The first kappa shape index (κ1) is 52.8. The molecule has 2 amide bonds. The second kappa shape index (κ2) is 21.7. The molecule has 2 aromatic carbocycles. The van der Waals surface area contributed by atoms with Crippen LogP contribution in [0.5, 0.6) is 0 Å². The number of ether oxygens (including phenoxy) is 2. The van der Waals surface area contributed by atoms with Gasteiger partial charge in [-0.25, -0.2) is 24.5 Å². The summed E-state index contributed by atoms with van der Waals surface area (Å²) in [5, 5.41) is 25.2. The molecule has 0 spiro atoms. The van der Waals surface area contributed by atoms with E-state index in [1.165, 1.54) is 6.42 Å². The molecule has 2 fully saturated rings. The summed E-state index contributed by atoms with van der Waals surface area (Å²) in [7, 11) is 11.8. The maximum atomic E-state index is 14.1. The molecule has 2 N–H and O–H groups in total. The average Bonchev–Trinajstić information content (AvgIpc) is 4.22. The Balaban J connectivity index is 0.000000198. The normalized spacial score (nSPS) is 16.0. The van der Waals surface area contributed by atoms with E-state index in [9.17, 15) is 9.59 Å². The lowest BCUT2D eigenvalue weighted by Crippen LogP contribution is -2.42. The number of likely N-dealkylation sites (tertiary alicyclic amines) is 1. The maximum Gasteiger partial charge on any atom is 0.420 e. The number of aryl methyl sites for hydroxylation is 2. The number of piperidine rings is 2. The van der Waals surface area contributed by atoms with E-state index in [1.807, 2.05) is 148 Å². The lowest BCUT2D eigenvalue weighted by Gasteiger charge is -2.34. The Morgan fingerprint density at radius 3 is 1.84 bits per heavy atom. The number of amides is 2. The van der Waals surface area contributed by atoms with Crippen LogP contribution in [0, 0.1) is 0 Å². The van der Waals surface area contributed by atoms with Crippen LogP contribution in [-0.2, 0) is 23.6 Å². The molecule has 2 aliphatic heterocycles. The highest BCUT2D eigenvalue weighted by atomic mass is 16.6. The van der Waals surface area contributed by atoms with Gasteiger partial charge in [0.05, 0.1) is 41.9 Å². The molecule has 20 nitrogen and oxygen atoms in total. The molecular formula is C56H72N16O4. The van der Waals surface area contributed by atoms with Crippen LogP contribution in [0.15, 0.2) is 97.8 Å². The lowest BCUT2D eigenvalue weighted by atomic mass is 9.94. The Morgan fingerprint density at radius 1 is 0.671 bits per heavy atom. The fourth-order valence-corrected chi connectivity index (χ4v) is 9.52. The van der Waals surface area contributed by atoms with E-state index in [-0.39, 0.29) is 12.0 Å². The molecule has 0 aliphatic carbocycles. The van der Waals surface area contributed by atoms with Crippen molar-refractivity contribution in [2.45, 2.75) is 90.3 Å². The molecule has 0 bridgehead atoms. The second-order valence-corrected chi connectivity index (χ2v) is 22.1. The zero-order valence-electron chi connectivity index (χ0n) is 45.9. The van der Waals surface area contributed by atoms with E-state index in [1.54, 1.807) is 36.1 Å². The molecule has 8 heterocycles. The maximum absolute atomic E-state index is 14.1. The quantitative estimate of drug-likeness (QED) is 0.132. The van der Waals surface area contributed by atoms with Crippen LogP contribution in [0.3, 0.4) is 0 Å². The number of carbonyl (C=O) groups excluding carboxylic acids is 2. The Hall–Kier alpha value is -8.00. The summed E-state index contributed by atoms with van der Waals surface area (Å²) in [6, 6.07) is 20.1. The number of aromatic nitrogens is 10. The van der Waals surface area contributed by atoms with Crippen molar-refractivity contribution < 1.29 is 19.1 Å². The number of hydrogen-bond donors (Lipinski definition) is 2. The Bertz CT molecular complexity index is 3330. The van der Waals surface area contributed by atoms with Crippen LogP contribution >= 0.6 is 0 Å². The summed E-state index contributed by atoms with van der Waals surface area (Å²) in [4.78, 5) is 44.7. The summed E-state index contributed by atoms with van der Waals surface area (Å²) in [5.41, 5.74) is 9.25. The molecule has 8 aromatic rings. The SMILES string of the molecule is CN(C)c1cccc(N(C(=O)OC(C)(C)C)c2cc(C3CCCN(C(=O)OC(C)(C)C)C3)nc3c(-c4cnn(C)c4)cnn23)c1.CN(C)c1cccc(Nc2cc(C3CCCNC3)nc3c(-c4cnn(C)c4)cnn23)c1. The Labute approximate surface area is 444 Å². The number of fused-ring (bicyclic) bond motifs is 2. The van der Waals surface area contributed by atoms with E-state index in [2.05, 4.69) is 61.2 Å². The molecule has 0 saturated carbocycles. The van der Waals surface area contributed by atoms with Crippen LogP contribution in [0.1, 0.15) is 90.4 Å². The molecule has 400 valence electrons. The summed E-state index contributed by atoms with van der Waals surface area (Å²) in [5.74, 6) is 1.69. The van der Waals surface area contributed by atoms with Crippen molar-refractivity contribution in [1.29, 1.82) is 0 Å². The first-order chi connectivity index (χ1) is 36.2. The molecule has 2 atom stereocenters. The molecule has 2 saturated heterocycles. The third-order valence-corrected chi connectivity index (χ3v) is 13.2. The van der Waals surface area contributed by atoms with Crippen LogP contribution in [0.4, 0.5) is 44.0 Å². The van der Waals surface area contributed by atoms with Gasteiger partial charge in [0.1, 0.15) is 22.8 Å². The average molecular weight is 1030 g/mol. The fraction of sp³-hybridized carbons (Fsp3) is 0.429. The van der Waals surface area contributed by atoms with Crippen molar-refractivity contribution in [3.8, 4) is 22.3 Å². The number of hydrogen-bond acceptors (Lipinski definition) is 14. The van der Waals surface area contributed by atoms with Crippen LogP contribution < -0.4 is 25.3 Å². The summed E-state index contributed by atoms with van der Waals surface area (Å²) >= 11 is 0. The molecule has 20 heteroatoms. The van der Waals surface area contributed by atoms with Gasteiger partial charge < -0.3 is 34.8 Å². The van der Waals surface area contributed by atoms with Gasteiger partial charge >= 0.3 is 12.2 Å². The number of rotatable bonds is 10. The fourth-order valence-electron chi connectivity index (χ4n) is 9.52. The first-order valence-electron chi connectivity index (χ1n) is 26.0. The minimum absolute atomic E-state index is 0.0970. The number of anilines is 6. The largest absolute Gasteiger partial charge is 0.444 e. The predicted octanol–water partition coefficient (Wildman–Crippen LogP) is 9.79. The molecular weight excluding hydrogens is 961 g/mol. The monoisotopic (exact) mass is 1030 g/mol. The van der Waals surface area contributed by atoms with Gasteiger partial charge in [-0.3, -0.25) is 9.36 Å². The third-order valence-electron chi connectivity index (χ3n) is 13.2. The topological polar surface area (TPSA) is 186 Å². The van der Waals surface area contributed by atoms with Crippen LogP contribution in [-0.4, -0.2) is 131 Å². The van der Waals surface area contributed by atoms with Crippen molar-refractivity contribution in [2.75, 3.05) is 74.4 Å². The Morgan fingerprint density at radius 2 is 1.25 bits per heavy atom. The van der Waals surface area contributed by atoms with E-state index in [0.717, 1.165) is 94.5 Å². The zero-order chi connectivity index (χ0) is 54.1. The molecule has 0 radical (unpaired) electrons. The van der Waals surface area contributed by atoms with Gasteiger partial charge in [-0.1, -0.05) is 12.1 Å². The minimum atomic E-state index is -0.744. The van der Waals surface area contributed by atoms with Gasteiger partial charge in [0.25, 0.3) is 0 Å². The van der Waals surface area contributed by atoms with Crippen molar-refractivity contribution >= 4 is 57.9 Å². The van der Waals surface area contributed by atoms with E-state index >= 15 is 0 Å². The lowest BCUT2D eigenvalue weighted by molar-refractivity contribution is 0.0197. The highest BCUT2D eigenvalue weighted by molar-refractivity contribution is 5.97. The number of benzene rings is 2. The van der Waals surface area contributed by atoms with Gasteiger partial charge in [-0.2, -0.15) is 29.4 Å². The van der Waals surface area contributed by atoms with Gasteiger partial charge in [-0.15, -0.1) is 0 Å². The van der Waals surface area contributed by atoms with Crippen molar-refractivity contribution in [1.82, 2.24) is 59.0 Å². The van der Waals surface area contributed by atoms with Crippen molar-refractivity contribution in [2.24, 2.45) is 14.1 Å². The molecule has 76 heavy (non-hydrogen) atoms. The van der Waals surface area contributed by atoms with E-state index in [0.29, 0.717) is 36.2 Å². The smallest absolute Gasteiger partial charge is 0.420 e. The van der Waals surface area contributed by atoms with E-state index < -0.39 is 17.3 Å². The highest BCUT2D eigenvalue weighted by Gasteiger charge is 2.33. The summed E-state index contributed by atoms with van der Waals surface area (Å²) < 4.78 is 18.8. The third kappa shape index (κ3) is 12.1. The number of carbonyl (C=O) groups is 2. The molecule has 10 rings (SSSR count). The van der Waals surface area contributed by atoms with Gasteiger partial charge in [-0.05, 0) is 110 Å². The van der Waals surface area contributed by atoms with Crippen molar-refractivity contribution in [3.05, 3.63) is 109 Å². The predicted molar refractivity (Wildman–Crippen MR) is 298 cm³/mol. The number of nitrogens with one attached hydrogen (secondary N) is 2. The van der Waals surface area contributed by atoms with Crippen molar-refractivity contribution in [3.63, 3.8) is 0 Å². The van der Waals surface area contributed by atoms with Crippen LogP contribution in [0.25, 0.3) is 33.5 Å². The first-order valence-corrected chi connectivity index (χ1v) is 26.0. The zero-order valence-corrected chi connectivity index (χ0v) is 45.9. The summed E-state index contributed by atoms with van der Waals surface area (Å²) in [6.45, 7) is 14.2. The standard InChI is InChI=1S/C33H44N8O4.C23H28N8/c1-32(2,3)44-30(42)39-15-11-12-22(21-39)27-17-28(41-29(36-27)26(19-35-41)23-18-34-38(9)20-23)40(31(43)45-33(4,5)6)25-14-10-13-24(16-25)37(7)8;1-29(2)19-8-4-7-18(10-19)27-22-11-21(16-6-5-9-24-12-16)28-23-20(14-26-31(22)23)17-13-25-30(3)15-17/h10,13-14,16-20,22H,11-12,15,21H2,1-9H3;4,7-8,10-11,13-16,24,27H,5-6,9,12H2,1-3H3. The Kier molecular flexibility index (Phi) is 15.1. The highest BCUT2D eigenvalue weighted by Crippen LogP contribution is 2.37. The van der Waals surface area contributed by atoms with Crippen LogP contribution in [0.2, 0.25) is 0 Å². The second-order valence-electron chi connectivity index (χ2n) is 22.1. The minimum Gasteiger partial charge on any atom is -0.444 e. The van der Waals surface area contributed by atoms with E-state index in [4.69, 9.17) is 24.5 Å². The van der Waals surface area contributed by atoms with Gasteiger partial charge in [0.15, 0.2) is 11.3 Å². The van der Waals surface area contributed by atoms with Gasteiger partial charge in [0, 0.05) is 138 Å². The number of nitrogens with zero attached hydrogens (tertiary/aromatic N) is 14. The summed E-state index contributed by atoms with van der Waals surface area (Å²) in [6.07, 6.45) is 14.2. The molecule has 2 unspecified atom stereocenters. The molecule has 6 aromatic heterocycles. The molecule has 2 aliphatic rings.